The first-order valence-corrected chi connectivity index (χ1v) is 11.3. The van der Waals surface area contributed by atoms with E-state index in [1.165, 1.54) is 0 Å². The van der Waals surface area contributed by atoms with Crippen LogP contribution in [0.25, 0.3) is 21.7 Å². The minimum atomic E-state index is -0.278. The molecule has 0 spiro atoms. The number of aryl methyl sites for hydroxylation is 1. The van der Waals surface area contributed by atoms with Gasteiger partial charge >= 0.3 is 6.03 Å². The Morgan fingerprint density at radius 3 is 2.25 bits per heavy atom. The van der Waals surface area contributed by atoms with Crippen molar-refractivity contribution in [3.63, 3.8) is 0 Å². The van der Waals surface area contributed by atoms with E-state index >= 15 is 0 Å². The van der Waals surface area contributed by atoms with E-state index in [9.17, 15) is 4.79 Å². The molecule has 32 heavy (non-hydrogen) atoms. The van der Waals surface area contributed by atoms with Gasteiger partial charge in [0.25, 0.3) is 0 Å². The molecule has 0 aliphatic rings. The first-order valence-electron chi connectivity index (χ1n) is 10.5. The lowest BCUT2D eigenvalue weighted by Crippen LogP contribution is -2.19. The molecule has 0 aliphatic heterocycles. The first kappa shape index (κ1) is 21.7. The molecule has 2 heterocycles. The summed E-state index contributed by atoms with van der Waals surface area (Å²) in [5.74, 6) is 0. The third kappa shape index (κ3) is 5.03. The molecule has 0 saturated carbocycles. The Hall–Kier alpha value is -3.51. The number of hydrogen-bond acceptors (Lipinski definition) is 4. The number of carbonyl (C=O) groups excluding carboxylic acids is 1. The van der Waals surface area contributed by atoms with E-state index < -0.39 is 0 Å². The number of pyridine rings is 1. The van der Waals surface area contributed by atoms with E-state index in [4.69, 9.17) is 4.98 Å². The summed E-state index contributed by atoms with van der Waals surface area (Å²) in [6.45, 7) is 8.51. The lowest BCUT2D eigenvalue weighted by molar-refractivity contribution is 0.262. The maximum Gasteiger partial charge on any atom is 0.323 e. The van der Waals surface area contributed by atoms with Crippen LogP contribution >= 0.6 is 11.3 Å². The van der Waals surface area contributed by atoms with Crippen LogP contribution < -0.4 is 10.6 Å². The SMILES string of the molecule is Cc1ccc(NC(=O)Nc2cccc(-c3sc(C(C)(C)C)nc3-c3ccncc3)c2)cc1. The summed E-state index contributed by atoms with van der Waals surface area (Å²) in [6.07, 6.45) is 3.56. The van der Waals surface area contributed by atoms with Gasteiger partial charge in [0.05, 0.1) is 15.6 Å². The van der Waals surface area contributed by atoms with Crippen LogP contribution in [-0.2, 0) is 5.41 Å². The van der Waals surface area contributed by atoms with Gasteiger partial charge in [-0.2, -0.15) is 0 Å². The number of nitrogens with zero attached hydrogens (tertiary/aromatic N) is 2. The van der Waals surface area contributed by atoms with Crippen molar-refractivity contribution >= 4 is 28.7 Å². The molecule has 0 bridgehead atoms. The zero-order chi connectivity index (χ0) is 22.7. The summed E-state index contributed by atoms with van der Waals surface area (Å²) in [7, 11) is 0. The van der Waals surface area contributed by atoms with Gasteiger partial charge < -0.3 is 10.6 Å². The number of amides is 2. The van der Waals surface area contributed by atoms with Crippen LogP contribution in [-0.4, -0.2) is 16.0 Å². The van der Waals surface area contributed by atoms with Crippen molar-refractivity contribution in [2.24, 2.45) is 0 Å². The van der Waals surface area contributed by atoms with Gasteiger partial charge in [0.1, 0.15) is 0 Å². The predicted molar refractivity (Wildman–Crippen MR) is 133 cm³/mol. The minimum absolute atomic E-state index is 0.0610. The molecule has 2 aromatic heterocycles. The molecule has 2 N–H and O–H groups in total. The number of aromatic nitrogens is 2. The van der Waals surface area contributed by atoms with E-state index in [0.717, 1.165) is 43.6 Å². The zero-order valence-electron chi connectivity index (χ0n) is 18.6. The summed E-state index contributed by atoms with van der Waals surface area (Å²) in [4.78, 5) is 22.7. The third-order valence-electron chi connectivity index (χ3n) is 4.91. The number of nitrogens with one attached hydrogen (secondary N) is 2. The highest BCUT2D eigenvalue weighted by Gasteiger charge is 2.23. The number of thiazole rings is 1. The minimum Gasteiger partial charge on any atom is -0.308 e. The summed E-state index contributed by atoms with van der Waals surface area (Å²) in [5, 5.41) is 6.87. The monoisotopic (exact) mass is 442 g/mol. The molecule has 2 amide bonds. The molecule has 0 saturated heterocycles. The molecule has 4 rings (SSSR count). The lowest BCUT2D eigenvalue weighted by Gasteiger charge is -2.13. The van der Waals surface area contributed by atoms with Crippen molar-refractivity contribution < 1.29 is 4.79 Å². The topological polar surface area (TPSA) is 66.9 Å². The van der Waals surface area contributed by atoms with E-state index in [2.05, 4.69) is 36.4 Å². The molecular weight excluding hydrogens is 416 g/mol. The largest absolute Gasteiger partial charge is 0.323 e. The molecule has 0 atom stereocenters. The summed E-state index contributed by atoms with van der Waals surface area (Å²) >= 11 is 1.69. The molecule has 0 unspecified atom stereocenters. The summed E-state index contributed by atoms with van der Waals surface area (Å²) in [5.41, 5.74) is 5.53. The number of rotatable bonds is 4. The second-order valence-electron chi connectivity index (χ2n) is 8.71. The first-order chi connectivity index (χ1) is 15.3. The smallest absolute Gasteiger partial charge is 0.308 e. The van der Waals surface area contributed by atoms with Gasteiger partial charge in [-0.15, -0.1) is 11.3 Å². The Balaban J connectivity index is 1.63. The fourth-order valence-corrected chi connectivity index (χ4v) is 4.35. The van der Waals surface area contributed by atoms with Crippen molar-refractivity contribution in [2.75, 3.05) is 10.6 Å². The normalized spacial score (nSPS) is 11.2. The highest BCUT2D eigenvalue weighted by Crippen LogP contribution is 2.41. The van der Waals surface area contributed by atoms with Gasteiger partial charge in [0.2, 0.25) is 0 Å². The van der Waals surface area contributed by atoms with E-state index in [-0.39, 0.29) is 11.4 Å². The van der Waals surface area contributed by atoms with E-state index in [0.29, 0.717) is 0 Å². The lowest BCUT2D eigenvalue weighted by atomic mass is 9.98. The van der Waals surface area contributed by atoms with Crippen molar-refractivity contribution in [3.05, 3.63) is 83.6 Å². The maximum absolute atomic E-state index is 12.5. The molecular formula is C26H26N4OS. The molecule has 0 fully saturated rings. The van der Waals surface area contributed by atoms with Crippen molar-refractivity contribution in [1.29, 1.82) is 0 Å². The molecule has 0 aliphatic carbocycles. The van der Waals surface area contributed by atoms with Crippen molar-refractivity contribution in [1.82, 2.24) is 9.97 Å². The van der Waals surface area contributed by atoms with Crippen molar-refractivity contribution in [2.45, 2.75) is 33.1 Å². The molecule has 162 valence electrons. The predicted octanol–water partition coefficient (Wildman–Crippen LogP) is 7.12. The fourth-order valence-electron chi connectivity index (χ4n) is 3.21. The Kier molecular flexibility index (Phi) is 6.06. The molecule has 4 aromatic rings. The molecule has 5 nitrogen and oxygen atoms in total. The van der Waals surface area contributed by atoms with Crippen LogP contribution in [0.1, 0.15) is 31.3 Å². The average molecular weight is 443 g/mol. The Morgan fingerprint density at radius 1 is 0.875 bits per heavy atom. The van der Waals surface area contributed by atoms with Crippen molar-refractivity contribution in [3.8, 4) is 21.7 Å². The Labute approximate surface area is 192 Å². The second kappa shape index (κ2) is 8.93. The number of benzene rings is 2. The van der Waals surface area contributed by atoms with Crippen LogP contribution in [0.4, 0.5) is 16.2 Å². The van der Waals surface area contributed by atoms with Crippen LogP contribution in [0, 0.1) is 6.92 Å². The van der Waals surface area contributed by atoms with E-state index in [1.807, 2.05) is 67.6 Å². The van der Waals surface area contributed by atoms with Gasteiger partial charge in [0, 0.05) is 34.7 Å². The average Bonchev–Trinajstić information content (AvgIpc) is 3.22. The molecule has 6 heteroatoms. The zero-order valence-corrected chi connectivity index (χ0v) is 19.5. The standard InChI is InChI=1S/C26H26N4OS/c1-17-8-10-20(11-9-17)28-25(31)29-21-7-5-6-19(16-21)23-22(18-12-14-27-15-13-18)30-24(32-23)26(2,3)4/h5-16H,1-4H3,(H2,28,29,31). The Morgan fingerprint density at radius 2 is 1.56 bits per heavy atom. The number of hydrogen-bond donors (Lipinski definition) is 2. The van der Waals surface area contributed by atoms with Gasteiger partial charge in [-0.25, -0.2) is 9.78 Å². The molecule has 2 aromatic carbocycles. The van der Waals surface area contributed by atoms with Crippen LogP contribution in [0.2, 0.25) is 0 Å². The fraction of sp³-hybridized carbons (Fsp3) is 0.192. The number of urea groups is 1. The quantitative estimate of drug-likeness (QED) is 0.353. The number of carbonyl (C=O) groups is 1. The summed E-state index contributed by atoms with van der Waals surface area (Å²) < 4.78 is 0. The highest BCUT2D eigenvalue weighted by atomic mass is 32.1. The summed E-state index contributed by atoms with van der Waals surface area (Å²) in [6, 6.07) is 19.2. The molecule has 0 radical (unpaired) electrons. The van der Waals surface area contributed by atoms with Gasteiger partial charge in [0.15, 0.2) is 0 Å². The van der Waals surface area contributed by atoms with E-state index in [1.54, 1.807) is 23.7 Å². The number of anilines is 2. The van der Waals surface area contributed by atoms with Crippen LogP contribution in [0.3, 0.4) is 0 Å². The maximum atomic E-state index is 12.5. The second-order valence-corrected chi connectivity index (χ2v) is 9.71. The van der Waals surface area contributed by atoms with Crippen LogP contribution in [0.5, 0.6) is 0 Å². The Bertz CT molecular complexity index is 1220. The third-order valence-corrected chi connectivity index (χ3v) is 6.44. The van der Waals surface area contributed by atoms with Gasteiger partial charge in [-0.3, -0.25) is 4.98 Å². The highest BCUT2D eigenvalue weighted by molar-refractivity contribution is 7.15. The van der Waals surface area contributed by atoms with Gasteiger partial charge in [-0.1, -0.05) is 50.6 Å². The van der Waals surface area contributed by atoms with Gasteiger partial charge in [-0.05, 0) is 48.9 Å². The van der Waals surface area contributed by atoms with Crippen LogP contribution in [0.15, 0.2) is 73.1 Å².